The van der Waals surface area contributed by atoms with E-state index in [0.717, 1.165) is 32.5 Å². The Bertz CT molecular complexity index is 298. The van der Waals surface area contributed by atoms with Gasteiger partial charge in [-0.1, -0.05) is 13.8 Å². The van der Waals surface area contributed by atoms with Gasteiger partial charge in [0.1, 0.15) is 0 Å². The predicted molar refractivity (Wildman–Crippen MR) is 70.2 cm³/mol. The summed E-state index contributed by atoms with van der Waals surface area (Å²) >= 11 is 0. The quantitative estimate of drug-likeness (QED) is 0.783. The molecule has 2 fully saturated rings. The highest BCUT2D eigenvalue weighted by Crippen LogP contribution is 2.17. The lowest BCUT2D eigenvalue weighted by Crippen LogP contribution is -2.49. The third-order valence-corrected chi connectivity index (χ3v) is 3.89. The molecular formula is C13H25N3O2. The number of carbonyl (C=O) groups is 1. The summed E-state index contributed by atoms with van der Waals surface area (Å²) in [6.07, 6.45) is 2.14. The van der Waals surface area contributed by atoms with Crippen molar-refractivity contribution in [3.05, 3.63) is 0 Å². The first-order chi connectivity index (χ1) is 8.65. The molecule has 0 saturated carbocycles. The van der Waals surface area contributed by atoms with Gasteiger partial charge in [0.05, 0.1) is 24.9 Å². The lowest BCUT2D eigenvalue weighted by Gasteiger charge is -2.34. The van der Waals surface area contributed by atoms with Crippen LogP contribution in [0.2, 0.25) is 0 Å². The summed E-state index contributed by atoms with van der Waals surface area (Å²) in [5, 5.41) is 3.40. The number of ether oxygens (including phenoxy) is 1. The lowest BCUT2D eigenvalue weighted by atomic mass is 10.2. The van der Waals surface area contributed by atoms with E-state index in [2.05, 4.69) is 31.1 Å². The highest BCUT2D eigenvalue weighted by Gasteiger charge is 2.38. The molecule has 0 aromatic rings. The van der Waals surface area contributed by atoms with E-state index in [0.29, 0.717) is 6.54 Å². The maximum absolute atomic E-state index is 12.3. The first kappa shape index (κ1) is 13.8. The van der Waals surface area contributed by atoms with E-state index in [1.807, 2.05) is 4.90 Å². The third kappa shape index (κ3) is 2.84. The smallest absolute Gasteiger partial charge is 0.241 e. The van der Waals surface area contributed by atoms with Gasteiger partial charge in [-0.05, 0) is 19.9 Å². The first-order valence-corrected chi connectivity index (χ1v) is 7.02. The number of hydrogen-bond donors (Lipinski definition) is 1. The highest BCUT2D eigenvalue weighted by molar-refractivity contribution is 5.84. The number of carbonyl (C=O) groups excluding carboxylic acids is 1. The van der Waals surface area contributed by atoms with Gasteiger partial charge in [-0.3, -0.25) is 10.1 Å². The van der Waals surface area contributed by atoms with Gasteiger partial charge in [0, 0.05) is 19.6 Å². The van der Waals surface area contributed by atoms with Crippen LogP contribution >= 0.6 is 0 Å². The highest BCUT2D eigenvalue weighted by atomic mass is 16.5. The van der Waals surface area contributed by atoms with E-state index in [1.165, 1.54) is 0 Å². The van der Waals surface area contributed by atoms with Crippen molar-refractivity contribution in [2.75, 3.05) is 33.3 Å². The van der Waals surface area contributed by atoms with E-state index in [9.17, 15) is 4.79 Å². The standard InChI is InChI=1S/C13H25N3O2/c1-4-11-13(17)16(12(5-2)14-11)9-10-8-15(3)6-7-18-10/h10-12,14H,4-9H2,1-3H3. The van der Waals surface area contributed by atoms with Crippen LogP contribution in [0.1, 0.15) is 26.7 Å². The van der Waals surface area contributed by atoms with Crippen LogP contribution in [0.15, 0.2) is 0 Å². The lowest BCUT2D eigenvalue weighted by molar-refractivity contribution is -0.133. The normalized spacial score (nSPS) is 34.3. The summed E-state index contributed by atoms with van der Waals surface area (Å²) in [6, 6.07) is -0.00345. The molecule has 0 aromatic heterocycles. The van der Waals surface area contributed by atoms with Crippen LogP contribution in [0.3, 0.4) is 0 Å². The summed E-state index contributed by atoms with van der Waals surface area (Å²) in [4.78, 5) is 16.5. The average Bonchev–Trinajstić information content (AvgIpc) is 2.66. The van der Waals surface area contributed by atoms with Gasteiger partial charge >= 0.3 is 0 Å². The van der Waals surface area contributed by atoms with Crippen molar-refractivity contribution >= 4 is 5.91 Å². The van der Waals surface area contributed by atoms with Crippen LogP contribution in [0, 0.1) is 0 Å². The second-order valence-corrected chi connectivity index (χ2v) is 5.30. The summed E-state index contributed by atoms with van der Waals surface area (Å²) < 4.78 is 5.76. The molecule has 1 amide bonds. The number of rotatable bonds is 4. The minimum Gasteiger partial charge on any atom is -0.374 e. The van der Waals surface area contributed by atoms with Crippen LogP contribution in [0.4, 0.5) is 0 Å². The topological polar surface area (TPSA) is 44.8 Å². The number of hydrogen-bond acceptors (Lipinski definition) is 4. The Morgan fingerprint density at radius 1 is 1.39 bits per heavy atom. The fraction of sp³-hybridized carbons (Fsp3) is 0.923. The predicted octanol–water partition coefficient (Wildman–Crippen LogP) is 0.264. The molecule has 18 heavy (non-hydrogen) atoms. The van der Waals surface area contributed by atoms with Crippen molar-refractivity contribution in [1.82, 2.24) is 15.1 Å². The van der Waals surface area contributed by atoms with Gasteiger partial charge in [-0.25, -0.2) is 0 Å². The Kier molecular flexibility index (Phi) is 4.59. The van der Waals surface area contributed by atoms with Crippen LogP contribution in [0.25, 0.3) is 0 Å². The fourth-order valence-corrected chi connectivity index (χ4v) is 2.79. The number of likely N-dealkylation sites (N-methyl/N-ethyl adjacent to an activating group) is 1. The maximum atomic E-state index is 12.3. The maximum Gasteiger partial charge on any atom is 0.241 e. The fourth-order valence-electron chi connectivity index (χ4n) is 2.79. The zero-order chi connectivity index (χ0) is 13.1. The Morgan fingerprint density at radius 3 is 2.78 bits per heavy atom. The van der Waals surface area contributed by atoms with E-state index >= 15 is 0 Å². The molecule has 2 aliphatic rings. The Labute approximate surface area is 109 Å². The molecule has 5 nitrogen and oxygen atoms in total. The summed E-state index contributed by atoms with van der Waals surface area (Å²) in [7, 11) is 2.10. The molecule has 5 heteroatoms. The van der Waals surface area contributed by atoms with Gasteiger partial charge < -0.3 is 14.5 Å². The molecule has 0 aliphatic carbocycles. The molecule has 0 radical (unpaired) electrons. The molecule has 3 atom stereocenters. The molecule has 0 spiro atoms. The zero-order valence-corrected chi connectivity index (χ0v) is 11.7. The van der Waals surface area contributed by atoms with E-state index < -0.39 is 0 Å². The summed E-state index contributed by atoms with van der Waals surface area (Å²) in [5.74, 6) is 0.237. The minimum absolute atomic E-state index is 0.00345. The van der Waals surface area contributed by atoms with Gasteiger partial charge in [0.2, 0.25) is 5.91 Å². The van der Waals surface area contributed by atoms with Crippen LogP contribution < -0.4 is 5.32 Å². The minimum atomic E-state index is -0.00345. The van der Waals surface area contributed by atoms with Crippen LogP contribution in [-0.2, 0) is 9.53 Å². The first-order valence-electron chi connectivity index (χ1n) is 7.02. The largest absolute Gasteiger partial charge is 0.374 e. The molecule has 2 aliphatic heterocycles. The van der Waals surface area contributed by atoms with Crippen molar-refractivity contribution in [1.29, 1.82) is 0 Å². The Morgan fingerprint density at radius 2 is 2.17 bits per heavy atom. The van der Waals surface area contributed by atoms with Crippen molar-refractivity contribution in [2.45, 2.75) is 45.0 Å². The number of nitrogens with one attached hydrogen (secondary N) is 1. The van der Waals surface area contributed by atoms with Crippen molar-refractivity contribution in [3.63, 3.8) is 0 Å². The molecule has 104 valence electrons. The molecule has 0 aromatic carbocycles. The van der Waals surface area contributed by atoms with Gasteiger partial charge in [0.15, 0.2) is 0 Å². The Balaban J connectivity index is 1.95. The molecule has 2 saturated heterocycles. The molecule has 3 unspecified atom stereocenters. The Hall–Kier alpha value is -0.650. The van der Waals surface area contributed by atoms with Gasteiger partial charge in [-0.15, -0.1) is 0 Å². The zero-order valence-electron chi connectivity index (χ0n) is 11.7. The molecule has 0 bridgehead atoms. The van der Waals surface area contributed by atoms with Gasteiger partial charge in [-0.2, -0.15) is 0 Å². The third-order valence-electron chi connectivity index (χ3n) is 3.89. The number of morpholine rings is 1. The summed E-state index contributed by atoms with van der Waals surface area (Å²) in [6.45, 7) is 7.55. The van der Waals surface area contributed by atoms with Crippen molar-refractivity contribution in [2.24, 2.45) is 0 Å². The molecule has 1 N–H and O–H groups in total. The SMILES string of the molecule is CCC1NC(CC)N(CC2CN(C)CCO2)C1=O. The number of nitrogens with zero attached hydrogens (tertiary/aromatic N) is 2. The number of amides is 1. The van der Waals surface area contributed by atoms with Crippen LogP contribution in [-0.4, -0.2) is 67.3 Å². The molecular weight excluding hydrogens is 230 g/mol. The van der Waals surface area contributed by atoms with E-state index in [-0.39, 0.29) is 24.2 Å². The second-order valence-electron chi connectivity index (χ2n) is 5.30. The van der Waals surface area contributed by atoms with Gasteiger partial charge in [0.25, 0.3) is 0 Å². The molecule has 2 heterocycles. The van der Waals surface area contributed by atoms with Crippen LogP contribution in [0.5, 0.6) is 0 Å². The van der Waals surface area contributed by atoms with E-state index in [4.69, 9.17) is 4.74 Å². The van der Waals surface area contributed by atoms with Crippen molar-refractivity contribution in [3.8, 4) is 0 Å². The van der Waals surface area contributed by atoms with E-state index in [1.54, 1.807) is 0 Å². The monoisotopic (exact) mass is 255 g/mol. The second kappa shape index (κ2) is 5.99. The molecule has 2 rings (SSSR count). The van der Waals surface area contributed by atoms with Crippen molar-refractivity contribution < 1.29 is 9.53 Å². The summed E-state index contributed by atoms with van der Waals surface area (Å²) in [5.41, 5.74) is 0. The average molecular weight is 255 g/mol.